The Bertz CT molecular complexity index is 167. The quantitative estimate of drug-likeness (QED) is 0.547. The number of carbonyl (C=O) groups is 2. The van der Waals surface area contributed by atoms with Gasteiger partial charge in [0.05, 0.1) is 0 Å². The molecule has 0 aliphatic carbocycles. The van der Waals surface area contributed by atoms with E-state index in [-0.39, 0.29) is 0 Å². The van der Waals surface area contributed by atoms with Crippen LogP contribution in [0.1, 0.15) is 0 Å². The van der Waals surface area contributed by atoms with Crippen molar-refractivity contribution in [3.63, 3.8) is 0 Å². The fraction of sp³-hybridized carbons (Fsp3) is 0. The van der Waals surface area contributed by atoms with Crippen LogP contribution in [-0.2, 0) is 40.4 Å². The second kappa shape index (κ2) is 6.09. The minimum atomic E-state index is -2.23. The molecule has 56 valence electrons. The molecule has 0 saturated carbocycles. The van der Waals surface area contributed by atoms with E-state index in [0.29, 0.717) is 0 Å². The number of carbonyl (C=O) groups excluding carboxylic acids is 2. The summed E-state index contributed by atoms with van der Waals surface area (Å²) < 4.78 is 9.08. The van der Waals surface area contributed by atoms with Gasteiger partial charge in [0, 0.05) is 0 Å². The summed E-state index contributed by atoms with van der Waals surface area (Å²) in [6, 6.07) is 0. The summed E-state index contributed by atoms with van der Waals surface area (Å²) in [5.41, 5.74) is 0. The third-order valence-electron chi connectivity index (χ3n) is 0.736. The molecule has 0 radical (unpaired) electrons. The molecule has 0 aliphatic rings. The van der Waals surface area contributed by atoms with Crippen LogP contribution in [0.25, 0.3) is 0 Å². The van der Waals surface area contributed by atoms with Gasteiger partial charge in [0.15, 0.2) is 0 Å². The van der Waals surface area contributed by atoms with Crippen LogP contribution in [0, 0.1) is 0 Å². The molecule has 0 atom stereocenters. The topological polar surface area (TPSA) is 52.6 Å². The van der Waals surface area contributed by atoms with Crippen LogP contribution in [0.3, 0.4) is 0 Å². The van der Waals surface area contributed by atoms with Gasteiger partial charge in [-0.1, -0.05) is 0 Å². The third kappa shape index (κ3) is 5.78. The van der Waals surface area contributed by atoms with Crippen LogP contribution in [0.15, 0.2) is 25.3 Å². The van der Waals surface area contributed by atoms with Gasteiger partial charge in [-0.3, -0.25) is 0 Å². The average Bonchev–Trinajstić information content (AvgIpc) is 2.04. The third-order valence-corrected chi connectivity index (χ3v) is 3.86. The Labute approximate surface area is 77.6 Å². The molecule has 0 rings (SSSR count). The Kier molecular flexibility index (Phi) is 5.73. The molecule has 0 bridgehead atoms. The minimum absolute atomic E-state index is 0.538. The van der Waals surface area contributed by atoms with E-state index in [1.54, 1.807) is 0 Å². The first kappa shape index (κ1) is 10.4. The van der Waals surface area contributed by atoms with E-state index in [9.17, 15) is 9.59 Å². The summed E-state index contributed by atoms with van der Waals surface area (Å²) in [5.74, 6) is -1.08. The summed E-state index contributed by atoms with van der Waals surface area (Å²) >= 11 is -2.23. The number of rotatable bonds is 4. The van der Waals surface area contributed by atoms with E-state index < -0.39 is 37.4 Å². The van der Waals surface area contributed by atoms with Crippen molar-refractivity contribution in [3.05, 3.63) is 25.3 Å². The standard InChI is InChI=1S/2C3H4O2.Hg/c2*1-2-3(4)5;/h2*2H,1H2,(H,4,5);/q;;+2/p-2. The molecule has 0 aromatic carbocycles. The molecule has 0 unspecified atom stereocenters. The van der Waals surface area contributed by atoms with Crippen LogP contribution in [0.2, 0.25) is 0 Å². The molecule has 11 heavy (non-hydrogen) atoms. The number of hydrogen-bond acceptors (Lipinski definition) is 4. The summed E-state index contributed by atoms with van der Waals surface area (Å²) in [6.45, 7) is 6.36. The molecule has 0 N–H and O–H groups in total. The summed E-state index contributed by atoms with van der Waals surface area (Å²) in [4.78, 5) is 20.8. The van der Waals surface area contributed by atoms with Crippen molar-refractivity contribution < 1.29 is 40.4 Å². The fourth-order valence-corrected chi connectivity index (χ4v) is 2.31. The first-order chi connectivity index (χ1) is 5.20. The van der Waals surface area contributed by atoms with E-state index in [2.05, 4.69) is 18.4 Å². The summed E-state index contributed by atoms with van der Waals surface area (Å²) in [6.07, 6.45) is 2.06. The van der Waals surface area contributed by atoms with Crippen molar-refractivity contribution in [1.29, 1.82) is 0 Å². The molecule has 0 aliphatic heterocycles. The zero-order chi connectivity index (χ0) is 8.69. The van der Waals surface area contributed by atoms with E-state index in [1.165, 1.54) is 0 Å². The Hall–Kier alpha value is -0.645. The first-order valence-corrected chi connectivity index (χ1v) is 7.28. The van der Waals surface area contributed by atoms with Gasteiger partial charge >= 0.3 is 77.6 Å². The van der Waals surface area contributed by atoms with Crippen LogP contribution >= 0.6 is 0 Å². The van der Waals surface area contributed by atoms with Gasteiger partial charge in [0.1, 0.15) is 0 Å². The Balaban J connectivity index is 3.41. The first-order valence-electron chi connectivity index (χ1n) is 2.79. The number of hydrogen-bond donors (Lipinski definition) is 0. The van der Waals surface area contributed by atoms with Gasteiger partial charge < -0.3 is 0 Å². The molecule has 0 aromatic rings. The van der Waals surface area contributed by atoms with Crippen molar-refractivity contribution in [1.82, 2.24) is 0 Å². The zero-order valence-electron chi connectivity index (χ0n) is 5.91. The molecular weight excluding hydrogens is 337 g/mol. The van der Waals surface area contributed by atoms with Crippen molar-refractivity contribution in [2.75, 3.05) is 0 Å². The molecule has 0 spiro atoms. The van der Waals surface area contributed by atoms with Crippen LogP contribution in [0.5, 0.6) is 0 Å². The molecule has 0 saturated heterocycles. The predicted octanol–water partition coefficient (Wildman–Crippen LogP) is 0.357. The average molecular weight is 343 g/mol. The molecule has 0 aromatic heterocycles. The van der Waals surface area contributed by atoms with E-state index in [4.69, 9.17) is 0 Å². The zero-order valence-corrected chi connectivity index (χ0v) is 11.4. The molecule has 0 amide bonds. The Morgan fingerprint density at radius 1 is 1.09 bits per heavy atom. The molecule has 4 nitrogen and oxygen atoms in total. The van der Waals surface area contributed by atoms with E-state index >= 15 is 0 Å². The Morgan fingerprint density at radius 2 is 1.45 bits per heavy atom. The van der Waals surface area contributed by atoms with Crippen molar-refractivity contribution >= 4 is 11.9 Å². The monoisotopic (exact) mass is 344 g/mol. The van der Waals surface area contributed by atoms with Gasteiger partial charge in [-0.05, 0) is 0 Å². The van der Waals surface area contributed by atoms with Crippen LogP contribution in [0.4, 0.5) is 0 Å². The predicted molar refractivity (Wildman–Crippen MR) is 32.6 cm³/mol. The van der Waals surface area contributed by atoms with Crippen molar-refractivity contribution in [2.45, 2.75) is 0 Å². The SMILES string of the molecule is C=CC(=O)[O][Hg][O]C(=O)C=C. The molecule has 0 fully saturated rings. The van der Waals surface area contributed by atoms with E-state index in [1.807, 2.05) is 0 Å². The van der Waals surface area contributed by atoms with Crippen molar-refractivity contribution in [3.8, 4) is 0 Å². The van der Waals surface area contributed by atoms with Crippen LogP contribution in [-0.4, -0.2) is 11.9 Å². The molecule has 0 heterocycles. The van der Waals surface area contributed by atoms with Gasteiger partial charge in [-0.25, -0.2) is 0 Å². The second-order valence-corrected chi connectivity index (χ2v) is 4.61. The van der Waals surface area contributed by atoms with Gasteiger partial charge in [-0.2, -0.15) is 0 Å². The summed E-state index contributed by atoms with van der Waals surface area (Å²) in [5, 5.41) is 0. The van der Waals surface area contributed by atoms with Crippen LogP contribution < -0.4 is 0 Å². The van der Waals surface area contributed by atoms with Crippen molar-refractivity contribution in [2.24, 2.45) is 0 Å². The Morgan fingerprint density at radius 3 is 1.73 bits per heavy atom. The van der Waals surface area contributed by atoms with Gasteiger partial charge in [-0.15, -0.1) is 0 Å². The summed E-state index contributed by atoms with van der Waals surface area (Å²) in [7, 11) is 0. The maximum absolute atomic E-state index is 10.4. The maximum atomic E-state index is 10.4. The second-order valence-electron chi connectivity index (χ2n) is 1.45. The normalized spacial score (nSPS) is 7.27. The molecule has 5 heteroatoms. The van der Waals surface area contributed by atoms with Gasteiger partial charge in [0.25, 0.3) is 0 Å². The van der Waals surface area contributed by atoms with Gasteiger partial charge in [0.2, 0.25) is 0 Å². The molecular formula is C6H6HgO4. The van der Waals surface area contributed by atoms with E-state index in [0.717, 1.165) is 12.2 Å². The fourth-order valence-electron chi connectivity index (χ4n) is 0.263.